The van der Waals surface area contributed by atoms with E-state index in [1.165, 1.54) is 19.9 Å². The molecule has 0 aliphatic carbocycles. The van der Waals surface area contributed by atoms with Crippen molar-refractivity contribution in [2.45, 2.75) is 13.8 Å². The fourth-order valence-electron chi connectivity index (χ4n) is 1.71. The lowest BCUT2D eigenvalue weighted by molar-refractivity contribution is -0.120. The molecule has 0 N–H and O–H groups in total. The molecule has 0 saturated carbocycles. The van der Waals surface area contributed by atoms with Gasteiger partial charge in [-0.15, -0.1) is 0 Å². The first-order valence-electron chi connectivity index (χ1n) is 6.35. The maximum Gasteiger partial charge on any atom is 0.374 e. The molecule has 1 aromatic carbocycles. The second-order valence-corrected chi connectivity index (χ2v) is 4.58. The third-order valence-electron chi connectivity index (χ3n) is 2.79. The Kier molecular flexibility index (Phi) is 4.33. The third kappa shape index (κ3) is 3.66. The van der Waals surface area contributed by atoms with Gasteiger partial charge in [0.2, 0.25) is 5.76 Å². The fourth-order valence-corrected chi connectivity index (χ4v) is 1.71. The van der Waals surface area contributed by atoms with Crippen LogP contribution >= 0.6 is 0 Å². The first-order chi connectivity index (χ1) is 9.97. The van der Waals surface area contributed by atoms with E-state index in [-0.39, 0.29) is 23.9 Å². The van der Waals surface area contributed by atoms with Crippen molar-refractivity contribution in [1.82, 2.24) is 0 Å². The molecule has 0 aliphatic rings. The van der Waals surface area contributed by atoms with Crippen LogP contribution in [0.5, 0.6) is 0 Å². The maximum absolute atomic E-state index is 11.6. The van der Waals surface area contributed by atoms with Gasteiger partial charge in [0.25, 0.3) is 0 Å². The number of ether oxygens (including phenoxy) is 1. The molecular weight excluding hydrogens is 272 g/mol. The molecule has 5 heteroatoms. The predicted octanol–water partition coefficient (Wildman–Crippen LogP) is 2.90. The van der Waals surface area contributed by atoms with Gasteiger partial charge in [-0.25, -0.2) is 4.79 Å². The molecule has 1 aromatic heterocycles. The van der Waals surface area contributed by atoms with Gasteiger partial charge in [0.05, 0.1) is 0 Å². The van der Waals surface area contributed by atoms with E-state index in [4.69, 9.17) is 9.15 Å². The number of hydrogen-bond acceptors (Lipinski definition) is 5. The van der Waals surface area contributed by atoms with Crippen molar-refractivity contribution in [2.24, 2.45) is 0 Å². The summed E-state index contributed by atoms with van der Waals surface area (Å²) in [5.74, 6) is -0.428. The summed E-state index contributed by atoms with van der Waals surface area (Å²) in [6.45, 7) is 2.55. The van der Waals surface area contributed by atoms with Crippen LogP contribution in [0.2, 0.25) is 0 Å². The Bertz CT molecular complexity index is 679. The summed E-state index contributed by atoms with van der Waals surface area (Å²) in [5.41, 5.74) is 1.34. The lowest BCUT2D eigenvalue weighted by Crippen LogP contribution is -2.10. The summed E-state index contributed by atoms with van der Waals surface area (Å²) in [6.07, 6.45) is 0. The Balaban J connectivity index is 2.13. The van der Waals surface area contributed by atoms with E-state index in [0.29, 0.717) is 11.3 Å². The maximum atomic E-state index is 11.6. The van der Waals surface area contributed by atoms with Gasteiger partial charge in [-0.3, -0.25) is 9.59 Å². The zero-order chi connectivity index (χ0) is 15.4. The average molecular weight is 286 g/mol. The molecule has 2 aromatic rings. The molecule has 108 valence electrons. The molecule has 0 aliphatic heterocycles. The van der Waals surface area contributed by atoms with E-state index < -0.39 is 5.97 Å². The Morgan fingerprint density at radius 1 is 1.00 bits per heavy atom. The van der Waals surface area contributed by atoms with Gasteiger partial charge >= 0.3 is 5.97 Å². The second-order valence-electron chi connectivity index (χ2n) is 4.58. The SMILES string of the molecule is CC(=O)COC(=O)c1ccc(-c2ccc(C(C)=O)cc2)o1. The van der Waals surface area contributed by atoms with Crippen LogP contribution in [0.1, 0.15) is 34.8 Å². The van der Waals surface area contributed by atoms with E-state index >= 15 is 0 Å². The van der Waals surface area contributed by atoms with Crippen molar-refractivity contribution in [3.05, 3.63) is 47.7 Å². The topological polar surface area (TPSA) is 73.6 Å². The summed E-state index contributed by atoms with van der Waals surface area (Å²) in [7, 11) is 0. The zero-order valence-electron chi connectivity index (χ0n) is 11.7. The molecular formula is C16H14O5. The Labute approximate surface area is 121 Å². The second kappa shape index (κ2) is 6.17. The summed E-state index contributed by atoms with van der Waals surface area (Å²) < 4.78 is 10.2. The molecule has 21 heavy (non-hydrogen) atoms. The largest absolute Gasteiger partial charge is 0.452 e. The van der Waals surface area contributed by atoms with Gasteiger partial charge in [-0.1, -0.05) is 24.3 Å². The molecule has 0 amide bonds. The first-order valence-corrected chi connectivity index (χ1v) is 6.35. The van der Waals surface area contributed by atoms with Crippen LogP contribution < -0.4 is 0 Å². The zero-order valence-corrected chi connectivity index (χ0v) is 11.7. The molecule has 0 atom stereocenters. The fraction of sp³-hybridized carbons (Fsp3) is 0.188. The van der Waals surface area contributed by atoms with Crippen LogP contribution in [-0.2, 0) is 9.53 Å². The van der Waals surface area contributed by atoms with E-state index in [9.17, 15) is 14.4 Å². The Morgan fingerprint density at radius 2 is 1.67 bits per heavy atom. The van der Waals surface area contributed by atoms with Gasteiger partial charge in [-0.2, -0.15) is 0 Å². The van der Waals surface area contributed by atoms with Crippen LogP contribution in [0, 0.1) is 0 Å². The number of hydrogen-bond donors (Lipinski definition) is 0. The molecule has 0 fully saturated rings. The van der Waals surface area contributed by atoms with Crippen LogP contribution in [0.15, 0.2) is 40.8 Å². The Hall–Kier alpha value is -2.69. The highest BCUT2D eigenvalue weighted by Gasteiger charge is 2.14. The van der Waals surface area contributed by atoms with Crippen LogP contribution in [0.25, 0.3) is 11.3 Å². The molecule has 0 radical (unpaired) electrons. The van der Waals surface area contributed by atoms with E-state index in [2.05, 4.69) is 0 Å². The lowest BCUT2D eigenvalue weighted by atomic mass is 10.1. The summed E-state index contributed by atoms with van der Waals surface area (Å²) in [6, 6.07) is 9.96. The van der Waals surface area contributed by atoms with Crippen molar-refractivity contribution in [2.75, 3.05) is 6.61 Å². The van der Waals surface area contributed by atoms with Crippen LogP contribution in [0.3, 0.4) is 0 Å². The molecule has 0 bridgehead atoms. The van der Waals surface area contributed by atoms with Crippen LogP contribution in [-0.4, -0.2) is 24.1 Å². The molecule has 2 rings (SSSR count). The minimum absolute atomic E-state index is 0.0190. The number of furan rings is 1. The normalized spacial score (nSPS) is 10.2. The number of rotatable bonds is 5. The van der Waals surface area contributed by atoms with Gasteiger partial charge in [0, 0.05) is 11.1 Å². The van der Waals surface area contributed by atoms with Crippen molar-refractivity contribution in [1.29, 1.82) is 0 Å². The number of ketones is 2. The quantitative estimate of drug-likeness (QED) is 0.624. The minimum atomic E-state index is -0.684. The summed E-state index contributed by atoms with van der Waals surface area (Å²) in [5, 5.41) is 0. The summed E-state index contributed by atoms with van der Waals surface area (Å²) in [4.78, 5) is 33.6. The number of benzene rings is 1. The number of Topliss-reactive ketones (excluding diaryl/α,β-unsaturated/α-hetero) is 2. The molecule has 0 unspecified atom stereocenters. The van der Waals surface area contributed by atoms with E-state index in [1.54, 1.807) is 30.3 Å². The molecule has 0 spiro atoms. The van der Waals surface area contributed by atoms with E-state index in [0.717, 1.165) is 5.56 Å². The predicted molar refractivity (Wildman–Crippen MR) is 75.1 cm³/mol. The highest BCUT2D eigenvalue weighted by Crippen LogP contribution is 2.23. The number of carbonyl (C=O) groups excluding carboxylic acids is 3. The molecule has 5 nitrogen and oxygen atoms in total. The highest BCUT2D eigenvalue weighted by molar-refractivity contribution is 5.94. The first kappa shape index (κ1) is 14.7. The van der Waals surface area contributed by atoms with Crippen molar-refractivity contribution >= 4 is 17.5 Å². The Morgan fingerprint density at radius 3 is 2.24 bits per heavy atom. The average Bonchev–Trinajstić information content (AvgIpc) is 2.94. The van der Waals surface area contributed by atoms with Gasteiger partial charge < -0.3 is 9.15 Å². The van der Waals surface area contributed by atoms with Crippen molar-refractivity contribution in [3.63, 3.8) is 0 Å². The third-order valence-corrected chi connectivity index (χ3v) is 2.79. The van der Waals surface area contributed by atoms with Crippen molar-refractivity contribution in [3.8, 4) is 11.3 Å². The number of esters is 1. The standard InChI is InChI=1S/C16H14O5/c1-10(17)9-20-16(19)15-8-7-14(21-15)13-5-3-12(4-6-13)11(2)18/h3-8H,9H2,1-2H3. The highest BCUT2D eigenvalue weighted by atomic mass is 16.5. The molecule has 1 heterocycles. The van der Waals surface area contributed by atoms with E-state index in [1.807, 2.05) is 0 Å². The van der Waals surface area contributed by atoms with Gasteiger partial charge in [-0.05, 0) is 26.0 Å². The monoisotopic (exact) mass is 286 g/mol. The minimum Gasteiger partial charge on any atom is -0.452 e. The lowest BCUT2D eigenvalue weighted by Gasteiger charge is -2.00. The van der Waals surface area contributed by atoms with Crippen LogP contribution in [0.4, 0.5) is 0 Å². The van der Waals surface area contributed by atoms with Crippen molar-refractivity contribution < 1.29 is 23.5 Å². The number of carbonyl (C=O) groups is 3. The molecule has 0 saturated heterocycles. The smallest absolute Gasteiger partial charge is 0.374 e. The van der Waals surface area contributed by atoms with Gasteiger partial charge in [0.15, 0.2) is 11.6 Å². The summed E-state index contributed by atoms with van der Waals surface area (Å²) >= 11 is 0. The van der Waals surface area contributed by atoms with Gasteiger partial charge in [0.1, 0.15) is 12.4 Å².